The molecule has 0 bridgehead atoms. The van der Waals surface area contributed by atoms with Crippen LogP contribution in [0.25, 0.3) is 5.76 Å². The van der Waals surface area contributed by atoms with Crippen molar-refractivity contribution >= 4 is 34.7 Å². The SMILES string of the molecule is CCOc1ccc(C2/C(=C(/O)c3ccc(Cl)c(OC)c3)C(=O)C(=O)N2c2ccc(OCC)cc2)cc1. The number of anilines is 1. The molecule has 7 nitrogen and oxygen atoms in total. The first-order chi connectivity index (χ1) is 17.4. The maximum atomic E-state index is 13.3. The molecule has 1 fully saturated rings. The highest BCUT2D eigenvalue weighted by atomic mass is 35.5. The van der Waals surface area contributed by atoms with Crippen LogP contribution in [0.5, 0.6) is 17.2 Å². The van der Waals surface area contributed by atoms with Crippen LogP contribution in [0.3, 0.4) is 0 Å². The van der Waals surface area contributed by atoms with Crippen molar-refractivity contribution in [1.82, 2.24) is 0 Å². The minimum absolute atomic E-state index is 0.0394. The van der Waals surface area contributed by atoms with Gasteiger partial charge in [0.2, 0.25) is 0 Å². The van der Waals surface area contributed by atoms with Crippen LogP contribution in [0.1, 0.15) is 31.0 Å². The van der Waals surface area contributed by atoms with Gasteiger partial charge in [0.15, 0.2) is 0 Å². The summed E-state index contributed by atoms with van der Waals surface area (Å²) in [6.07, 6.45) is 0. The number of benzene rings is 3. The van der Waals surface area contributed by atoms with Gasteiger partial charge in [0.25, 0.3) is 11.7 Å². The van der Waals surface area contributed by atoms with E-state index in [9.17, 15) is 14.7 Å². The van der Waals surface area contributed by atoms with Crippen LogP contribution in [0.15, 0.2) is 72.3 Å². The Kier molecular flexibility index (Phi) is 7.50. The van der Waals surface area contributed by atoms with Gasteiger partial charge in [-0.2, -0.15) is 0 Å². The van der Waals surface area contributed by atoms with Gasteiger partial charge in [-0.05, 0) is 74.0 Å². The standard InChI is InChI=1S/C28H26ClNO6/c1-4-35-20-11-6-17(7-12-20)25-24(26(31)18-8-15-22(29)23(16-18)34-3)27(32)28(33)30(25)19-9-13-21(14-10-19)36-5-2/h6-16,25,31H,4-5H2,1-3H3/b26-24-. The maximum absolute atomic E-state index is 13.3. The maximum Gasteiger partial charge on any atom is 0.300 e. The first-order valence-corrected chi connectivity index (χ1v) is 11.9. The molecule has 0 radical (unpaired) electrons. The van der Waals surface area contributed by atoms with Crippen molar-refractivity contribution in [1.29, 1.82) is 0 Å². The average molecular weight is 508 g/mol. The Morgan fingerprint density at radius 3 is 2.06 bits per heavy atom. The number of aliphatic hydroxyl groups is 1. The minimum atomic E-state index is -0.875. The lowest BCUT2D eigenvalue weighted by atomic mass is 9.95. The first kappa shape index (κ1) is 25.1. The Hall–Kier alpha value is -3.97. The van der Waals surface area contributed by atoms with Crippen LogP contribution >= 0.6 is 11.6 Å². The van der Waals surface area contributed by atoms with E-state index in [1.165, 1.54) is 18.1 Å². The number of aliphatic hydroxyl groups excluding tert-OH is 1. The van der Waals surface area contributed by atoms with Gasteiger partial charge in [0, 0.05) is 11.3 Å². The number of ether oxygens (including phenoxy) is 3. The monoisotopic (exact) mass is 507 g/mol. The molecule has 8 heteroatoms. The number of amides is 1. The first-order valence-electron chi connectivity index (χ1n) is 11.5. The molecule has 1 atom stereocenters. The number of carbonyl (C=O) groups is 2. The van der Waals surface area contributed by atoms with Crippen molar-refractivity contribution in [2.45, 2.75) is 19.9 Å². The fourth-order valence-electron chi connectivity index (χ4n) is 4.16. The van der Waals surface area contributed by atoms with E-state index in [1.807, 2.05) is 13.8 Å². The van der Waals surface area contributed by atoms with Gasteiger partial charge in [-0.25, -0.2) is 0 Å². The lowest BCUT2D eigenvalue weighted by Crippen LogP contribution is -2.29. The van der Waals surface area contributed by atoms with E-state index in [2.05, 4.69) is 0 Å². The van der Waals surface area contributed by atoms with Crippen molar-refractivity contribution < 1.29 is 28.9 Å². The van der Waals surface area contributed by atoms with Crippen LogP contribution in [-0.4, -0.2) is 37.1 Å². The van der Waals surface area contributed by atoms with E-state index in [0.29, 0.717) is 52.3 Å². The molecular weight excluding hydrogens is 482 g/mol. The number of methoxy groups -OCH3 is 1. The zero-order valence-electron chi connectivity index (χ0n) is 20.2. The number of rotatable bonds is 8. The summed E-state index contributed by atoms with van der Waals surface area (Å²) in [4.78, 5) is 28.0. The molecule has 0 saturated carbocycles. The Morgan fingerprint density at radius 1 is 0.917 bits per heavy atom. The topological polar surface area (TPSA) is 85.3 Å². The van der Waals surface area contributed by atoms with Gasteiger partial charge < -0.3 is 19.3 Å². The van der Waals surface area contributed by atoms with Gasteiger partial charge in [0.05, 0.1) is 37.0 Å². The molecule has 0 spiro atoms. The molecule has 36 heavy (non-hydrogen) atoms. The molecule has 1 unspecified atom stereocenters. The van der Waals surface area contributed by atoms with E-state index in [0.717, 1.165) is 0 Å². The summed E-state index contributed by atoms with van der Waals surface area (Å²) in [7, 11) is 1.45. The quantitative estimate of drug-likeness (QED) is 0.236. The molecule has 1 saturated heterocycles. The fourth-order valence-corrected chi connectivity index (χ4v) is 4.35. The summed E-state index contributed by atoms with van der Waals surface area (Å²) >= 11 is 6.14. The predicted octanol–water partition coefficient (Wildman–Crippen LogP) is 5.77. The third-order valence-electron chi connectivity index (χ3n) is 5.80. The van der Waals surface area contributed by atoms with Crippen molar-refractivity contribution in [3.05, 3.63) is 88.5 Å². The summed E-state index contributed by atoms with van der Waals surface area (Å²) in [5.74, 6) is -0.241. The molecular formula is C28H26ClNO6. The molecule has 1 amide bonds. The van der Waals surface area contributed by atoms with Crippen molar-refractivity contribution in [3.8, 4) is 17.2 Å². The number of nitrogens with zero attached hydrogens (tertiary/aromatic N) is 1. The number of hydrogen-bond donors (Lipinski definition) is 1. The summed E-state index contributed by atoms with van der Waals surface area (Å²) in [6, 6.07) is 17.8. The number of carbonyl (C=O) groups excluding carboxylic acids is 2. The highest BCUT2D eigenvalue weighted by Gasteiger charge is 2.47. The Labute approximate surface area is 214 Å². The van der Waals surface area contributed by atoms with Gasteiger partial charge in [0.1, 0.15) is 23.0 Å². The molecule has 0 aromatic heterocycles. The van der Waals surface area contributed by atoms with Crippen LogP contribution < -0.4 is 19.1 Å². The van der Waals surface area contributed by atoms with E-state index >= 15 is 0 Å². The van der Waals surface area contributed by atoms with Crippen molar-refractivity contribution in [2.24, 2.45) is 0 Å². The normalized spacial score (nSPS) is 16.8. The lowest BCUT2D eigenvalue weighted by molar-refractivity contribution is -0.132. The van der Waals surface area contributed by atoms with Crippen LogP contribution in [0.4, 0.5) is 5.69 Å². The molecule has 1 N–H and O–H groups in total. The smallest absolute Gasteiger partial charge is 0.300 e. The minimum Gasteiger partial charge on any atom is -0.507 e. The van der Waals surface area contributed by atoms with Crippen molar-refractivity contribution in [2.75, 3.05) is 25.2 Å². The predicted molar refractivity (Wildman–Crippen MR) is 138 cm³/mol. The Bertz CT molecular complexity index is 1300. The third-order valence-corrected chi connectivity index (χ3v) is 6.11. The Morgan fingerprint density at radius 2 is 1.50 bits per heavy atom. The second-order valence-electron chi connectivity index (χ2n) is 7.95. The Balaban J connectivity index is 1.88. The van der Waals surface area contributed by atoms with E-state index < -0.39 is 17.7 Å². The number of hydrogen-bond acceptors (Lipinski definition) is 6. The van der Waals surface area contributed by atoms with Crippen LogP contribution in [0.2, 0.25) is 5.02 Å². The highest BCUT2D eigenvalue weighted by Crippen LogP contribution is 2.43. The number of ketones is 1. The van der Waals surface area contributed by atoms with Crippen molar-refractivity contribution in [3.63, 3.8) is 0 Å². The molecule has 0 aliphatic carbocycles. The zero-order valence-corrected chi connectivity index (χ0v) is 20.9. The average Bonchev–Trinajstić information content (AvgIpc) is 3.15. The summed E-state index contributed by atoms with van der Waals surface area (Å²) in [5, 5.41) is 11.7. The molecule has 186 valence electrons. The van der Waals surface area contributed by atoms with Gasteiger partial charge in [-0.3, -0.25) is 14.5 Å². The highest BCUT2D eigenvalue weighted by molar-refractivity contribution is 6.51. The van der Waals surface area contributed by atoms with E-state index in [4.69, 9.17) is 25.8 Å². The molecule has 3 aromatic rings. The van der Waals surface area contributed by atoms with Crippen LogP contribution in [0, 0.1) is 0 Å². The molecule has 1 aliphatic rings. The molecule has 1 aliphatic heterocycles. The lowest BCUT2D eigenvalue weighted by Gasteiger charge is -2.26. The van der Waals surface area contributed by atoms with E-state index in [1.54, 1.807) is 60.7 Å². The number of Topliss-reactive ketones (excluding diaryl/α,β-unsaturated/α-hetero) is 1. The molecule has 1 heterocycles. The molecule has 3 aromatic carbocycles. The van der Waals surface area contributed by atoms with Gasteiger partial charge >= 0.3 is 0 Å². The third kappa shape index (κ3) is 4.75. The van der Waals surface area contributed by atoms with E-state index in [-0.39, 0.29) is 11.3 Å². The van der Waals surface area contributed by atoms with Gasteiger partial charge in [-0.15, -0.1) is 0 Å². The number of halogens is 1. The molecule has 4 rings (SSSR count). The summed E-state index contributed by atoms with van der Waals surface area (Å²) in [6.45, 7) is 4.77. The summed E-state index contributed by atoms with van der Waals surface area (Å²) < 4.78 is 16.3. The second kappa shape index (κ2) is 10.7. The summed E-state index contributed by atoms with van der Waals surface area (Å²) in [5.41, 5.74) is 1.39. The van der Waals surface area contributed by atoms with Crippen LogP contribution in [-0.2, 0) is 9.59 Å². The largest absolute Gasteiger partial charge is 0.507 e. The zero-order chi connectivity index (χ0) is 25.8. The second-order valence-corrected chi connectivity index (χ2v) is 8.35. The fraction of sp³-hybridized carbons (Fsp3) is 0.214. The van der Waals surface area contributed by atoms with Gasteiger partial charge in [-0.1, -0.05) is 23.7 Å².